The number of carbonyl (C=O) groups is 1. The highest BCUT2D eigenvalue weighted by Gasteiger charge is 2.35. The van der Waals surface area contributed by atoms with Gasteiger partial charge in [-0.15, -0.1) is 0 Å². The summed E-state index contributed by atoms with van der Waals surface area (Å²) in [6.07, 6.45) is -3.41. The number of carbonyl (C=O) groups excluding carboxylic acids is 1. The molecule has 3 N–H and O–H groups in total. The highest BCUT2D eigenvalue weighted by molar-refractivity contribution is 7.93. The van der Waals surface area contributed by atoms with Crippen molar-refractivity contribution in [3.63, 3.8) is 0 Å². The average Bonchev–Trinajstić information content (AvgIpc) is 2.79. The van der Waals surface area contributed by atoms with E-state index in [1.54, 1.807) is 6.07 Å². The van der Waals surface area contributed by atoms with Crippen molar-refractivity contribution in [2.75, 3.05) is 24.7 Å². The van der Waals surface area contributed by atoms with Gasteiger partial charge in [-0.1, -0.05) is 17.7 Å². The van der Waals surface area contributed by atoms with Gasteiger partial charge in [-0.3, -0.25) is 4.79 Å². The molecule has 0 radical (unpaired) electrons. The molecule has 0 aliphatic rings. The van der Waals surface area contributed by atoms with E-state index >= 15 is 0 Å². The van der Waals surface area contributed by atoms with Crippen molar-refractivity contribution in [2.45, 2.75) is 18.0 Å². The molecule has 13 heteroatoms. The summed E-state index contributed by atoms with van der Waals surface area (Å²) >= 11 is 5.84. The van der Waals surface area contributed by atoms with Crippen LogP contribution in [0, 0.1) is 12.9 Å². The Morgan fingerprint density at radius 2 is 1.92 bits per heavy atom. The van der Waals surface area contributed by atoms with E-state index in [0.717, 1.165) is 12.1 Å². The fourth-order valence-electron chi connectivity index (χ4n) is 3.09. The maximum atomic E-state index is 13.5. The second-order valence-corrected chi connectivity index (χ2v) is 10.3. The lowest BCUT2D eigenvalue weighted by Gasteiger charge is -2.17. The van der Waals surface area contributed by atoms with Gasteiger partial charge in [-0.05, 0) is 49.4 Å². The minimum absolute atomic E-state index is 0.0523. The molecular formula is C23H21ClF4N4O3S. The predicted molar refractivity (Wildman–Crippen MR) is 129 cm³/mol. The van der Waals surface area contributed by atoms with Gasteiger partial charge in [0.25, 0.3) is 5.91 Å². The first-order chi connectivity index (χ1) is 16.8. The molecule has 3 aromatic rings. The van der Waals surface area contributed by atoms with Crippen molar-refractivity contribution >= 4 is 32.9 Å². The molecule has 1 atom stereocenters. The van der Waals surface area contributed by atoms with Gasteiger partial charge in [0.1, 0.15) is 11.5 Å². The van der Waals surface area contributed by atoms with Crippen LogP contribution in [0.1, 0.15) is 21.6 Å². The maximum Gasteiger partial charge on any atom is 0.417 e. The normalized spacial score (nSPS) is 13.1. The predicted octanol–water partition coefficient (Wildman–Crippen LogP) is 5.66. The summed E-state index contributed by atoms with van der Waals surface area (Å²) in [5.74, 6) is -2.20. The van der Waals surface area contributed by atoms with Crippen molar-refractivity contribution < 1.29 is 31.3 Å². The molecule has 7 nitrogen and oxygen atoms in total. The zero-order chi connectivity index (χ0) is 26.7. The van der Waals surface area contributed by atoms with Gasteiger partial charge in [0.15, 0.2) is 0 Å². The Labute approximate surface area is 209 Å². The third kappa shape index (κ3) is 6.50. The number of rotatable bonds is 7. The number of nitrogens with one attached hydrogen (secondary N) is 1. The second-order valence-electron chi connectivity index (χ2n) is 7.57. The highest BCUT2D eigenvalue weighted by atomic mass is 35.5. The summed E-state index contributed by atoms with van der Waals surface area (Å²) in [6, 6.07) is 9.58. The molecule has 0 fully saturated rings. The SMILES string of the molecule is Cc1nc(F)ccc1Oc1cc(C(F)(F)F)c(Cl)cc1C(=O)Nc1cccc([S@@](C)(=O)=NCCN)c1. The van der Waals surface area contributed by atoms with Gasteiger partial charge >= 0.3 is 6.18 Å². The molecule has 0 spiro atoms. The number of nitrogens with two attached hydrogens (primary N) is 1. The van der Waals surface area contributed by atoms with Crippen LogP contribution in [0.15, 0.2) is 57.8 Å². The molecule has 3 rings (SSSR count). The first kappa shape index (κ1) is 27.4. The monoisotopic (exact) mass is 544 g/mol. The van der Waals surface area contributed by atoms with Gasteiger partial charge < -0.3 is 15.8 Å². The third-order valence-electron chi connectivity index (χ3n) is 4.84. The van der Waals surface area contributed by atoms with Crippen LogP contribution in [0.4, 0.5) is 23.2 Å². The molecule has 0 aliphatic heterocycles. The average molecular weight is 545 g/mol. The van der Waals surface area contributed by atoms with Crippen LogP contribution in [0.3, 0.4) is 0 Å². The molecule has 2 aromatic carbocycles. The number of hydrogen-bond acceptors (Lipinski definition) is 6. The van der Waals surface area contributed by atoms with Crippen molar-refractivity contribution in [3.05, 3.63) is 76.3 Å². The van der Waals surface area contributed by atoms with Gasteiger partial charge in [-0.2, -0.15) is 17.6 Å². The topological polar surface area (TPSA) is 107 Å². The number of alkyl halides is 3. The molecule has 0 unspecified atom stereocenters. The van der Waals surface area contributed by atoms with Crippen LogP contribution in [0.25, 0.3) is 0 Å². The number of hydrogen-bond donors (Lipinski definition) is 2. The van der Waals surface area contributed by atoms with Crippen molar-refractivity contribution in [2.24, 2.45) is 10.1 Å². The Morgan fingerprint density at radius 1 is 1.19 bits per heavy atom. The Hall–Kier alpha value is -3.22. The van der Waals surface area contributed by atoms with Crippen molar-refractivity contribution in [3.8, 4) is 11.5 Å². The maximum absolute atomic E-state index is 13.5. The lowest BCUT2D eigenvalue weighted by Crippen LogP contribution is -2.15. The summed E-state index contributed by atoms with van der Waals surface area (Å²) in [5.41, 5.74) is 4.12. The third-order valence-corrected chi connectivity index (χ3v) is 6.96. The minimum Gasteiger partial charge on any atom is -0.455 e. The number of benzene rings is 2. The number of ether oxygens (including phenoxy) is 1. The Balaban J connectivity index is 2.03. The van der Waals surface area contributed by atoms with Crippen molar-refractivity contribution in [1.82, 2.24) is 4.98 Å². The molecule has 0 aliphatic carbocycles. The summed E-state index contributed by atoms with van der Waals surface area (Å²) in [5, 5.41) is 1.81. The molecular weight excluding hydrogens is 524 g/mol. The summed E-state index contributed by atoms with van der Waals surface area (Å²) in [4.78, 5) is 17.0. The first-order valence-corrected chi connectivity index (χ1v) is 12.6. The number of nitrogens with zero attached hydrogens (tertiary/aromatic N) is 2. The summed E-state index contributed by atoms with van der Waals surface area (Å²) in [6.45, 7) is 1.78. The number of aryl methyl sites for hydroxylation is 1. The molecule has 36 heavy (non-hydrogen) atoms. The number of pyridine rings is 1. The molecule has 1 aromatic heterocycles. The van der Waals surface area contributed by atoms with E-state index in [9.17, 15) is 26.6 Å². The van der Waals surface area contributed by atoms with Gasteiger partial charge in [0.05, 0.1) is 38.1 Å². The number of amides is 1. The lowest BCUT2D eigenvalue weighted by molar-refractivity contribution is -0.137. The molecule has 0 saturated heterocycles. The Kier molecular flexibility index (Phi) is 8.22. The smallest absolute Gasteiger partial charge is 0.417 e. The fourth-order valence-corrected chi connectivity index (χ4v) is 4.64. The second kappa shape index (κ2) is 10.8. The minimum atomic E-state index is -4.83. The van der Waals surface area contributed by atoms with Crippen LogP contribution in [-0.4, -0.2) is 34.4 Å². The highest BCUT2D eigenvalue weighted by Crippen LogP contribution is 2.40. The lowest BCUT2D eigenvalue weighted by atomic mass is 10.1. The summed E-state index contributed by atoms with van der Waals surface area (Å²) < 4.78 is 76.2. The van der Waals surface area contributed by atoms with E-state index in [0.29, 0.717) is 11.0 Å². The Bertz CT molecular complexity index is 1420. The van der Waals surface area contributed by atoms with Gasteiger partial charge in [0, 0.05) is 23.4 Å². The zero-order valence-corrected chi connectivity index (χ0v) is 20.6. The first-order valence-electron chi connectivity index (χ1n) is 10.3. The number of aromatic nitrogens is 1. The standard InChI is InChI=1S/C23H21ClF4N4O3S/c1-13-19(6-7-21(25)31-13)35-20-12-17(23(26,27)28)18(24)11-16(20)22(33)32-14-4-3-5-15(10-14)36(2,34)30-9-8-29/h3-7,10-12H,8-9,29H2,1-2H3,(H,32,33)/t36-/m1/s1. The van der Waals surface area contributed by atoms with Gasteiger partial charge in [0.2, 0.25) is 5.95 Å². The van der Waals surface area contributed by atoms with Crippen LogP contribution in [-0.2, 0) is 15.9 Å². The van der Waals surface area contributed by atoms with Crippen LogP contribution in [0.5, 0.6) is 11.5 Å². The summed E-state index contributed by atoms with van der Waals surface area (Å²) in [7, 11) is -2.80. The molecule has 1 heterocycles. The van der Waals surface area contributed by atoms with Crippen LogP contribution < -0.4 is 15.8 Å². The van der Waals surface area contributed by atoms with Crippen LogP contribution in [0.2, 0.25) is 5.02 Å². The number of halogens is 5. The fraction of sp³-hybridized carbons (Fsp3) is 0.217. The van der Waals surface area contributed by atoms with E-state index < -0.39 is 44.1 Å². The van der Waals surface area contributed by atoms with E-state index in [-0.39, 0.29) is 35.8 Å². The Morgan fingerprint density at radius 3 is 2.56 bits per heavy atom. The quantitative estimate of drug-likeness (QED) is 0.295. The molecule has 192 valence electrons. The largest absolute Gasteiger partial charge is 0.455 e. The van der Waals surface area contributed by atoms with E-state index in [1.807, 2.05) is 0 Å². The zero-order valence-electron chi connectivity index (χ0n) is 19.0. The van der Waals surface area contributed by atoms with E-state index in [4.69, 9.17) is 22.1 Å². The van der Waals surface area contributed by atoms with E-state index in [2.05, 4.69) is 14.7 Å². The molecule has 0 bridgehead atoms. The van der Waals surface area contributed by atoms with Crippen LogP contribution >= 0.6 is 11.6 Å². The number of anilines is 1. The molecule has 1 amide bonds. The van der Waals surface area contributed by atoms with Crippen molar-refractivity contribution in [1.29, 1.82) is 0 Å². The van der Waals surface area contributed by atoms with Gasteiger partial charge in [-0.25, -0.2) is 13.6 Å². The molecule has 0 saturated carbocycles. The van der Waals surface area contributed by atoms with E-state index in [1.165, 1.54) is 37.4 Å².